The Morgan fingerprint density at radius 1 is 1.33 bits per heavy atom. The van der Waals surface area contributed by atoms with E-state index in [4.69, 9.17) is 0 Å². The van der Waals surface area contributed by atoms with Crippen LogP contribution in [0.2, 0.25) is 0 Å². The minimum absolute atomic E-state index is 0.192. The van der Waals surface area contributed by atoms with Crippen LogP contribution < -0.4 is 15.5 Å². The van der Waals surface area contributed by atoms with Crippen LogP contribution in [0.25, 0.3) is 0 Å². The van der Waals surface area contributed by atoms with Gasteiger partial charge < -0.3 is 9.80 Å². The number of rotatable bonds is 3. The number of aromatic nitrogens is 2. The highest BCUT2D eigenvalue weighted by molar-refractivity contribution is 5.54. The van der Waals surface area contributed by atoms with E-state index in [0.717, 1.165) is 30.9 Å². The predicted octanol–water partition coefficient (Wildman–Crippen LogP) is 2.39. The van der Waals surface area contributed by atoms with Crippen molar-refractivity contribution in [1.82, 2.24) is 9.55 Å². The molecule has 2 aliphatic rings. The number of hydrogen-bond acceptors (Lipinski definition) is 4. The van der Waals surface area contributed by atoms with Gasteiger partial charge in [0.25, 0.3) is 0 Å². The molecule has 2 aromatic rings. The molecule has 1 atom stereocenters. The molecule has 0 N–H and O–H groups in total. The van der Waals surface area contributed by atoms with Gasteiger partial charge in [-0.1, -0.05) is 12.1 Å². The van der Waals surface area contributed by atoms with Crippen molar-refractivity contribution in [2.75, 3.05) is 23.4 Å². The molecular weight excluding hydrogens is 307 g/mol. The summed E-state index contributed by atoms with van der Waals surface area (Å²) >= 11 is 0. The van der Waals surface area contributed by atoms with Crippen LogP contribution in [-0.4, -0.2) is 29.2 Å². The number of piperidine rings is 1. The Balaban J connectivity index is 1.63. The molecule has 0 aliphatic carbocycles. The van der Waals surface area contributed by atoms with Gasteiger partial charge in [0.15, 0.2) is 0 Å². The Labute approximate surface area is 140 Å². The fourth-order valence-electron chi connectivity index (χ4n) is 3.78. The molecule has 126 valence electrons. The van der Waals surface area contributed by atoms with Gasteiger partial charge in [0, 0.05) is 38.8 Å². The van der Waals surface area contributed by atoms with Gasteiger partial charge in [0.2, 0.25) is 0 Å². The van der Waals surface area contributed by atoms with Crippen molar-refractivity contribution in [3.63, 3.8) is 0 Å². The number of hydrogen-bond donors (Lipinski definition) is 0. The molecule has 1 unspecified atom stereocenters. The average Bonchev–Trinajstić information content (AvgIpc) is 2.94. The Bertz CT molecular complexity index is 819. The zero-order valence-corrected chi connectivity index (χ0v) is 13.8. The molecule has 1 aromatic carbocycles. The second kappa shape index (κ2) is 5.92. The number of benzene rings is 1. The zero-order chi connectivity index (χ0) is 16.7. The number of halogens is 1. The fourth-order valence-corrected chi connectivity index (χ4v) is 3.78. The predicted molar refractivity (Wildman–Crippen MR) is 92.0 cm³/mol. The lowest BCUT2D eigenvalue weighted by Crippen LogP contribution is -2.36. The normalized spacial score (nSPS) is 19.1. The Hall–Kier alpha value is -2.37. The van der Waals surface area contributed by atoms with E-state index in [1.165, 1.54) is 25.0 Å². The molecule has 0 saturated carbocycles. The van der Waals surface area contributed by atoms with E-state index in [1.807, 2.05) is 24.1 Å². The summed E-state index contributed by atoms with van der Waals surface area (Å²) in [6.45, 7) is 2.26. The van der Waals surface area contributed by atoms with Crippen molar-refractivity contribution in [1.29, 1.82) is 0 Å². The Morgan fingerprint density at radius 3 is 3.04 bits per heavy atom. The first-order valence-electron chi connectivity index (χ1n) is 8.46. The molecule has 0 radical (unpaired) electrons. The summed E-state index contributed by atoms with van der Waals surface area (Å²) in [5.41, 5.74) is 0.666. The topological polar surface area (TPSA) is 41.4 Å². The highest BCUT2D eigenvalue weighted by Crippen LogP contribution is 2.32. The molecular formula is C18H21FN4O. The summed E-state index contributed by atoms with van der Waals surface area (Å²) < 4.78 is 15.1. The molecule has 0 amide bonds. The maximum atomic E-state index is 13.4. The summed E-state index contributed by atoms with van der Waals surface area (Å²) in [7, 11) is 1.88. The van der Waals surface area contributed by atoms with Crippen LogP contribution in [-0.2, 0) is 13.1 Å². The van der Waals surface area contributed by atoms with Gasteiger partial charge in [-0.3, -0.25) is 4.57 Å². The van der Waals surface area contributed by atoms with Crippen molar-refractivity contribution in [3.05, 3.63) is 52.2 Å². The number of nitrogens with zero attached hydrogens (tertiary/aromatic N) is 4. The molecule has 0 spiro atoms. The van der Waals surface area contributed by atoms with Gasteiger partial charge in [0.1, 0.15) is 17.5 Å². The third-order valence-electron chi connectivity index (χ3n) is 4.99. The van der Waals surface area contributed by atoms with Crippen LogP contribution in [0.3, 0.4) is 0 Å². The SMILES string of the molecule is CN(Cc1cccc(F)c1)c1cc2n(c(=O)n1)CC1CCCCN21. The molecule has 3 heterocycles. The molecule has 0 bridgehead atoms. The molecule has 1 saturated heterocycles. The van der Waals surface area contributed by atoms with E-state index < -0.39 is 0 Å². The highest BCUT2D eigenvalue weighted by Gasteiger charge is 2.32. The Kier molecular flexibility index (Phi) is 3.75. The summed E-state index contributed by atoms with van der Waals surface area (Å²) in [4.78, 5) is 20.9. The van der Waals surface area contributed by atoms with Crippen molar-refractivity contribution in [2.24, 2.45) is 0 Å². The number of anilines is 2. The van der Waals surface area contributed by atoms with E-state index in [1.54, 1.807) is 10.6 Å². The van der Waals surface area contributed by atoms with Gasteiger partial charge >= 0.3 is 5.69 Å². The first kappa shape index (κ1) is 15.2. The van der Waals surface area contributed by atoms with Crippen LogP contribution in [0.4, 0.5) is 16.0 Å². The third kappa shape index (κ3) is 2.66. The monoisotopic (exact) mass is 328 g/mol. The molecule has 2 aliphatic heterocycles. The van der Waals surface area contributed by atoms with E-state index in [0.29, 0.717) is 18.4 Å². The summed E-state index contributed by atoms with van der Waals surface area (Å²) in [5, 5.41) is 0. The van der Waals surface area contributed by atoms with Crippen molar-refractivity contribution in [3.8, 4) is 0 Å². The third-order valence-corrected chi connectivity index (χ3v) is 4.99. The molecule has 24 heavy (non-hydrogen) atoms. The fraction of sp³-hybridized carbons (Fsp3) is 0.444. The van der Waals surface area contributed by atoms with E-state index in [-0.39, 0.29) is 11.5 Å². The van der Waals surface area contributed by atoms with Crippen LogP contribution >= 0.6 is 0 Å². The second-order valence-corrected chi connectivity index (χ2v) is 6.69. The van der Waals surface area contributed by atoms with Crippen LogP contribution in [0, 0.1) is 5.82 Å². The maximum absolute atomic E-state index is 13.4. The molecule has 6 heteroatoms. The van der Waals surface area contributed by atoms with E-state index in [2.05, 4.69) is 9.88 Å². The smallest absolute Gasteiger partial charge is 0.351 e. The molecule has 4 rings (SSSR count). The van der Waals surface area contributed by atoms with Crippen molar-refractivity contribution >= 4 is 11.6 Å². The quantitative estimate of drug-likeness (QED) is 0.867. The lowest BCUT2D eigenvalue weighted by Gasteiger charge is -2.30. The van der Waals surface area contributed by atoms with Gasteiger partial charge in [0.05, 0.1) is 0 Å². The first-order valence-corrected chi connectivity index (χ1v) is 8.46. The summed E-state index contributed by atoms with van der Waals surface area (Å²) in [5.74, 6) is 1.36. The molecule has 1 aromatic heterocycles. The molecule has 5 nitrogen and oxygen atoms in total. The zero-order valence-electron chi connectivity index (χ0n) is 13.8. The lowest BCUT2D eigenvalue weighted by atomic mass is 10.0. The highest BCUT2D eigenvalue weighted by atomic mass is 19.1. The van der Waals surface area contributed by atoms with E-state index >= 15 is 0 Å². The van der Waals surface area contributed by atoms with Crippen LogP contribution in [0.1, 0.15) is 24.8 Å². The first-order chi connectivity index (χ1) is 11.6. The minimum atomic E-state index is -0.251. The maximum Gasteiger partial charge on any atom is 0.351 e. The lowest BCUT2D eigenvalue weighted by molar-refractivity contribution is 0.458. The van der Waals surface area contributed by atoms with Gasteiger partial charge in [-0.15, -0.1) is 0 Å². The van der Waals surface area contributed by atoms with Gasteiger partial charge in [-0.2, -0.15) is 4.98 Å². The van der Waals surface area contributed by atoms with Gasteiger partial charge in [-0.05, 0) is 37.0 Å². The summed E-state index contributed by atoms with van der Waals surface area (Å²) in [6, 6.07) is 8.93. The standard InChI is InChI=1S/C18H21FN4O/c1-21(11-13-5-4-6-14(19)9-13)16-10-17-22-8-3-2-7-15(22)12-23(17)18(24)20-16/h4-6,9-10,15H,2-3,7-8,11-12H2,1H3. The van der Waals surface area contributed by atoms with E-state index in [9.17, 15) is 9.18 Å². The molecule has 1 fully saturated rings. The number of fused-ring (bicyclic) bond motifs is 3. The largest absolute Gasteiger partial charge is 0.355 e. The van der Waals surface area contributed by atoms with Crippen LogP contribution in [0.15, 0.2) is 35.1 Å². The second-order valence-electron chi connectivity index (χ2n) is 6.69. The van der Waals surface area contributed by atoms with Crippen molar-refractivity contribution in [2.45, 2.75) is 38.4 Å². The average molecular weight is 328 g/mol. The van der Waals surface area contributed by atoms with Crippen molar-refractivity contribution < 1.29 is 4.39 Å². The summed E-state index contributed by atoms with van der Waals surface area (Å²) in [6.07, 6.45) is 3.53. The van der Waals surface area contributed by atoms with Gasteiger partial charge in [-0.25, -0.2) is 9.18 Å². The van der Waals surface area contributed by atoms with Crippen LogP contribution in [0.5, 0.6) is 0 Å². The Morgan fingerprint density at radius 2 is 2.21 bits per heavy atom. The minimum Gasteiger partial charge on any atom is -0.355 e.